The lowest BCUT2D eigenvalue weighted by atomic mass is 10.5. The lowest BCUT2D eigenvalue weighted by Crippen LogP contribution is -1.94. The van der Waals surface area contributed by atoms with Crippen LogP contribution in [0.3, 0.4) is 0 Å². The van der Waals surface area contributed by atoms with Gasteiger partial charge in [-0.1, -0.05) is 5.16 Å². The van der Waals surface area contributed by atoms with E-state index < -0.39 is 0 Å². The predicted octanol–water partition coefficient (Wildman–Crippen LogP) is -0.0516. The first-order valence-corrected chi connectivity index (χ1v) is 2.31. The Bertz CT molecular complexity index is 139. The van der Waals surface area contributed by atoms with E-state index in [0.717, 1.165) is 5.69 Å². The van der Waals surface area contributed by atoms with Crippen LogP contribution in [0.2, 0.25) is 0 Å². The average Bonchev–Trinajstić information content (AvgIpc) is 2.43. The molecule has 0 saturated heterocycles. The molecular formula is C5H8N2O2. The van der Waals surface area contributed by atoms with Crippen molar-refractivity contribution in [1.82, 2.24) is 5.16 Å². The summed E-state index contributed by atoms with van der Waals surface area (Å²) in [5.74, 6) is 0. The van der Waals surface area contributed by atoms with Crippen LogP contribution < -0.4 is 5.73 Å². The van der Waals surface area contributed by atoms with Gasteiger partial charge in [0.05, 0.1) is 5.69 Å². The van der Waals surface area contributed by atoms with Crippen LogP contribution in [0.25, 0.3) is 0 Å². The molecule has 0 unspecified atom stereocenters. The minimum Gasteiger partial charge on any atom is -0.364 e. The Labute approximate surface area is 52.6 Å². The number of nitrogens with zero attached hydrogens (tertiary/aromatic N) is 1. The molecule has 0 radical (unpaired) electrons. The van der Waals surface area contributed by atoms with Crippen molar-refractivity contribution in [2.24, 2.45) is 5.73 Å². The first-order chi connectivity index (χ1) is 4.43. The molecule has 4 heteroatoms. The number of nitrogens with two attached hydrogens (primary N) is 1. The summed E-state index contributed by atoms with van der Waals surface area (Å²) >= 11 is 0. The number of aromatic nitrogens is 1. The molecule has 0 aliphatic rings. The summed E-state index contributed by atoms with van der Waals surface area (Å²) in [5.41, 5.74) is 5.96. The first kappa shape index (κ1) is 7.84. The molecule has 1 heterocycles. The molecule has 0 amide bonds. The van der Waals surface area contributed by atoms with Crippen molar-refractivity contribution in [3.63, 3.8) is 0 Å². The Morgan fingerprint density at radius 1 is 1.78 bits per heavy atom. The van der Waals surface area contributed by atoms with Gasteiger partial charge in [-0.25, -0.2) is 0 Å². The zero-order valence-corrected chi connectivity index (χ0v) is 4.91. The van der Waals surface area contributed by atoms with Crippen LogP contribution in [0.4, 0.5) is 0 Å². The Morgan fingerprint density at radius 3 is 2.67 bits per heavy atom. The molecule has 0 aliphatic carbocycles. The Kier molecular flexibility index (Phi) is 4.34. The average molecular weight is 128 g/mol. The van der Waals surface area contributed by atoms with Gasteiger partial charge in [-0.15, -0.1) is 0 Å². The van der Waals surface area contributed by atoms with Crippen LogP contribution in [-0.4, -0.2) is 11.9 Å². The van der Waals surface area contributed by atoms with Crippen LogP contribution in [-0.2, 0) is 11.3 Å². The van der Waals surface area contributed by atoms with E-state index in [9.17, 15) is 0 Å². The number of carbonyl (C=O) groups excluding carboxylic acids is 1. The fourth-order valence-electron chi connectivity index (χ4n) is 0.343. The summed E-state index contributed by atoms with van der Waals surface area (Å²) in [5, 5.41) is 3.53. The molecule has 1 aromatic rings. The monoisotopic (exact) mass is 128 g/mol. The lowest BCUT2D eigenvalue weighted by Gasteiger charge is -1.76. The highest BCUT2D eigenvalue weighted by molar-refractivity contribution is 5.10. The van der Waals surface area contributed by atoms with E-state index in [1.807, 2.05) is 6.79 Å². The second kappa shape index (κ2) is 4.99. The van der Waals surface area contributed by atoms with Gasteiger partial charge >= 0.3 is 0 Å². The van der Waals surface area contributed by atoms with E-state index in [1.165, 1.54) is 6.26 Å². The van der Waals surface area contributed by atoms with Gasteiger partial charge in [0.15, 0.2) is 0 Å². The third kappa shape index (κ3) is 2.61. The van der Waals surface area contributed by atoms with E-state index >= 15 is 0 Å². The molecule has 4 nitrogen and oxygen atoms in total. The van der Waals surface area contributed by atoms with Crippen LogP contribution in [0, 0.1) is 0 Å². The summed E-state index contributed by atoms with van der Waals surface area (Å²) in [6, 6.07) is 1.74. The van der Waals surface area contributed by atoms with Crippen LogP contribution in [0.1, 0.15) is 5.69 Å². The standard InChI is InChI=1S/C4H6N2O.CH2O/c5-3-4-1-2-7-6-4;1-2/h1-2H,3,5H2;1H2. The van der Waals surface area contributed by atoms with Gasteiger partial charge in [-0.3, -0.25) is 0 Å². The second-order valence-electron chi connectivity index (χ2n) is 1.19. The third-order valence-corrected chi connectivity index (χ3v) is 0.700. The van der Waals surface area contributed by atoms with Crippen molar-refractivity contribution >= 4 is 6.79 Å². The van der Waals surface area contributed by atoms with E-state index in [-0.39, 0.29) is 0 Å². The first-order valence-electron chi connectivity index (χ1n) is 2.31. The molecule has 0 aliphatic heterocycles. The fourth-order valence-corrected chi connectivity index (χ4v) is 0.343. The minimum atomic E-state index is 0.455. The molecule has 0 bridgehead atoms. The molecule has 0 fully saturated rings. The third-order valence-electron chi connectivity index (χ3n) is 0.700. The summed E-state index contributed by atoms with van der Waals surface area (Å²) < 4.78 is 4.48. The smallest absolute Gasteiger partial charge is 0.124 e. The van der Waals surface area contributed by atoms with Gasteiger partial charge in [-0.2, -0.15) is 0 Å². The minimum absolute atomic E-state index is 0.455. The van der Waals surface area contributed by atoms with Gasteiger partial charge in [0.1, 0.15) is 13.1 Å². The molecule has 2 N–H and O–H groups in total. The van der Waals surface area contributed by atoms with Crippen molar-refractivity contribution < 1.29 is 9.32 Å². The fraction of sp³-hybridized carbons (Fsp3) is 0.200. The van der Waals surface area contributed by atoms with Gasteiger partial charge in [0.25, 0.3) is 0 Å². The summed E-state index contributed by atoms with van der Waals surface area (Å²) in [6.45, 7) is 2.45. The quantitative estimate of drug-likeness (QED) is 0.575. The van der Waals surface area contributed by atoms with Gasteiger partial charge < -0.3 is 15.1 Å². The normalized spacial score (nSPS) is 7.67. The Morgan fingerprint density at radius 2 is 2.44 bits per heavy atom. The topological polar surface area (TPSA) is 69.1 Å². The molecule has 0 aromatic carbocycles. The zero-order chi connectivity index (χ0) is 7.11. The Balaban J connectivity index is 0.000000291. The highest BCUT2D eigenvalue weighted by atomic mass is 16.5. The molecule has 0 saturated carbocycles. The molecule has 1 rings (SSSR count). The zero-order valence-electron chi connectivity index (χ0n) is 4.91. The molecule has 0 atom stereocenters. The van der Waals surface area contributed by atoms with E-state index in [4.69, 9.17) is 10.5 Å². The van der Waals surface area contributed by atoms with Crippen molar-refractivity contribution in [1.29, 1.82) is 0 Å². The maximum atomic E-state index is 8.00. The van der Waals surface area contributed by atoms with Crippen molar-refractivity contribution in [3.8, 4) is 0 Å². The highest BCUT2D eigenvalue weighted by Gasteiger charge is 1.86. The Hall–Kier alpha value is -1.16. The highest BCUT2D eigenvalue weighted by Crippen LogP contribution is 1.88. The second-order valence-corrected chi connectivity index (χ2v) is 1.19. The maximum Gasteiger partial charge on any atom is 0.124 e. The summed E-state index contributed by atoms with van der Waals surface area (Å²) in [6.07, 6.45) is 1.50. The van der Waals surface area contributed by atoms with Gasteiger partial charge in [0, 0.05) is 12.6 Å². The lowest BCUT2D eigenvalue weighted by molar-refractivity contribution is -0.0979. The number of hydrogen-bond donors (Lipinski definition) is 1. The number of carbonyl (C=O) groups is 1. The van der Waals surface area contributed by atoms with Crippen molar-refractivity contribution in [3.05, 3.63) is 18.0 Å². The van der Waals surface area contributed by atoms with Gasteiger partial charge in [0.2, 0.25) is 0 Å². The molecule has 1 aromatic heterocycles. The summed E-state index contributed by atoms with van der Waals surface area (Å²) in [7, 11) is 0. The van der Waals surface area contributed by atoms with Crippen LogP contribution in [0.15, 0.2) is 16.9 Å². The molecule has 9 heavy (non-hydrogen) atoms. The maximum absolute atomic E-state index is 8.00. The molecular weight excluding hydrogens is 120 g/mol. The van der Waals surface area contributed by atoms with E-state index in [1.54, 1.807) is 6.07 Å². The van der Waals surface area contributed by atoms with Gasteiger partial charge in [-0.05, 0) is 0 Å². The summed E-state index contributed by atoms with van der Waals surface area (Å²) in [4.78, 5) is 8.00. The van der Waals surface area contributed by atoms with Crippen molar-refractivity contribution in [2.45, 2.75) is 6.54 Å². The van der Waals surface area contributed by atoms with E-state index in [2.05, 4.69) is 9.68 Å². The van der Waals surface area contributed by atoms with Crippen molar-refractivity contribution in [2.75, 3.05) is 0 Å². The van der Waals surface area contributed by atoms with E-state index in [0.29, 0.717) is 6.54 Å². The number of rotatable bonds is 1. The predicted molar refractivity (Wildman–Crippen MR) is 31.5 cm³/mol. The largest absolute Gasteiger partial charge is 0.364 e. The SMILES string of the molecule is C=O.NCc1ccon1. The number of hydrogen-bond acceptors (Lipinski definition) is 4. The van der Waals surface area contributed by atoms with Crippen LogP contribution >= 0.6 is 0 Å². The molecule has 50 valence electrons. The molecule has 0 spiro atoms. The van der Waals surface area contributed by atoms with Crippen LogP contribution in [0.5, 0.6) is 0 Å².